The molecule has 0 aliphatic carbocycles. The van der Waals surface area contributed by atoms with E-state index in [-0.39, 0.29) is 0 Å². The Bertz CT molecular complexity index is 779. The van der Waals surface area contributed by atoms with Gasteiger partial charge in [-0.2, -0.15) is 0 Å². The molecule has 0 radical (unpaired) electrons. The summed E-state index contributed by atoms with van der Waals surface area (Å²) in [6.45, 7) is 0.407. The second kappa shape index (κ2) is 5.67. The number of carboxylic acids is 1. The molecule has 3 nitrogen and oxygen atoms in total. The monoisotopic (exact) mass is 278 g/mol. The molecule has 0 aliphatic rings. The first-order valence-electron chi connectivity index (χ1n) is 6.67. The van der Waals surface area contributed by atoms with E-state index >= 15 is 0 Å². The highest BCUT2D eigenvalue weighted by Gasteiger charge is 2.11. The molecule has 0 unspecified atom stereocenters. The molecule has 104 valence electrons. The van der Waals surface area contributed by atoms with Crippen LogP contribution < -0.4 is 4.74 Å². The second-order valence-corrected chi connectivity index (χ2v) is 4.72. The Morgan fingerprint density at radius 3 is 2.24 bits per heavy atom. The van der Waals surface area contributed by atoms with Crippen LogP contribution in [0.25, 0.3) is 10.8 Å². The van der Waals surface area contributed by atoms with Crippen molar-refractivity contribution < 1.29 is 14.6 Å². The van der Waals surface area contributed by atoms with Crippen LogP contribution >= 0.6 is 0 Å². The van der Waals surface area contributed by atoms with Crippen LogP contribution in [0.1, 0.15) is 15.9 Å². The van der Waals surface area contributed by atoms with Gasteiger partial charge in [-0.15, -0.1) is 0 Å². The summed E-state index contributed by atoms with van der Waals surface area (Å²) in [7, 11) is 0. The van der Waals surface area contributed by atoms with Crippen LogP contribution in [0.5, 0.6) is 5.75 Å². The van der Waals surface area contributed by atoms with Gasteiger partial charge in [0, 0.05) is 0 Å². The number of hydrogen-bond donors (Lipinski definition) is 1. The number of hydrogen-bond acceptors (Lipinski definition) is 2. The van der Waals surface area contributed by atoms with Crippen LogP contribution in [-0.4, -0.2) is 11.1 Å². The summed E-state index contributed by atoms with van der Waals surface area (Å²) < 4.78 is 5.75. The zero-order valence-corrected chi connectivity index (χ0v) is 11.3. The van der Waals surface area contributed by atoms with E-state index < -0.39 is 5.97 Å². The molecule has 3 heteroatoms. The standard InChI is InChI=1S/C18H14O3/c19-18(20)17-11-10-13(15-8-4-5-9-16(15)17)12-21-14-6-2-1-3-7-14/h1-11H,12H2,(H,19,20). The van der Waals surface area contributed by atoms with Crippen molar-refractivity contribution in [1.29, 1.82) is 0 Å². The first-order valence-corrected chi connectivity index (χ1v) is 6.67. The van der Waals surface area contributed by atoms with Gasteiger partial charge in [0.25, 0.3) is 0 Å². The summed E-state index contributed by atoms with van der Waals surface area (Å²) in [4.78, 5) is 11.3. The number of ether oxygens (including phenoxy) is 1. The summed E-state index contributed by atoms with van der Waals surface area (Å²) in [5.41, 5.74) is 1.29. The van der Waals surface area contributed by atoms with Crippen LogP contribution in [0.15, 0.2) is 66.7 Å². The van der Waals surface area contributed by atoms with Crippen molar-refractivity contribution in [3.8, 4) is 5.75 Å². The van der Waals surface area contributed by atoms with Gasteiger partial charge in [0.2, 0.25) is 0 Å². The first kappa shape index (κ1) is 13.2. The lowest BCUT2D eigenvalue weighted by Crippen LogP contribution is -2.01. The smallest absolute Gasteiger partial charge is 0.336 e. The minimum atomic E-state index is -0.915. The topological polar surface area (TPSA) is 46.5 Å². The van der Waals surface area contributed by atoms with Crippen molar-refractivity contribution >= 4 is 16.7 Å². The zero-order valence-electron chi connectivity index (χ0n) is 11.3. The van der Waals surface area contributed by atoms with Crippen molar-refractivity contribution in [3.05, 3.63) is 77.9 Å². The Morgan fingerprint density at radius 2 is 1.52 bits per heavy atom. The van der Waals surface area contributed by atoms with E-state index in [1.165, 1.54) is 0 Å². The summed E-state index contributed by atoms with van der Waals surface area (Å²) in [6.07, 6.45) is 0. The largest absolute Gasteiger partial charge is 0.489 e. The van der Waals surface area contributed by atoms with E-state index in [2.05, 4.69) is 0 Å². The fourth-order valence-electron chi connectivity index (χ4n) is 2.35. The van der Waals surface area contributed by atoms with Gasteiger partial charge >= 0.3 is 5.97 Å². The summed E-state index contributed by atoms with van der Waals surface area (Å²) in [5.74, 6) is -0.120. The SMILES string of the molecule is O=C(O)c1ccc(COc2ccccc2)c2ccccc12. The van der Waals surface area contributed by atoms with Gasteiger partial charge in [0.1, 0.15) is 12.4 Å². The molecule has 0 atom stereocenters. The normalized spacial score (nSPS) is 10.5. The van der Waals surface area contributed by atoms with Crippen molar-refractivity contribution in [2.24, 2.45) is 0 Å². The number of rotatable bonds is 4. The predicted molar refractivity (Wildman–Crippen MR) is 81.7 cm³/mol. The molecule has 3 aromatic carbocycles. The molecule has 0 aromatic heterocycles. The lowest BCUT2D eigenvalue weighted by Gasteiger charge is -2.10. The van der Waals surface area contributed by atoms with Crippen LogP contribution in [0.3, 0.4) is 0 Å². The molecule has 1 N–H and O–H groups in total. The number of benzene rings is 3. The zero-order chi connectivity index (χ0) is 14.7. The highest BCUT2D eigenvalue weighted by molar-refractivity contribution is 6.04. The van der Waals surface area contributed by atoms with E-state index in [4.69, 9.17) is 4.74 Å². The number of carboxylic acid groups (broad SMARTS) is 1. The minimum absolute atomic E-state index is 0.314. The van der Waals surface area contributed by atoms with Crippen LogP contribution in [0.2, 0.25) is 0 Å². The van der Waals surface area contributed by atoms with E-state index in [9.17, 15) is 9.90 Å². The minimum Gasteiger partial charge on any atom is -0.489 e. The molecule has 0 bridgehead atoms. The van der Waals surface area contributed by atoms with Gasteiger partial charge in [-0.25, -0.2) is 4.79 Å². The van der Waals surface area contributed by atoms with Crippen LogP contribution in [0.4, 0.5) is 0 Å². The Kier molecular flexibility index (Phi) is 3.56. The third kappa shape index (κ3) is 2.72. The summed E-state index contributed by atoms with van der Waals surface area (Å²) >= 11 is 0. The Morgan fingerprint density at radius 1 is 0.857 bits per heavy atom. The average molecular weight is 278 g/mol. The molecular weight excluding hydrogens is 264 g/mol. The molecular formula is C18H14O3. The maximum Gasteiger partial charge on any atom is 0.336 e. The third-order valence-corrected chi connectivity index (χ3v) is 3.38. The van der Waals surface area contributed by atoms with Crippen molar-refractivity contribution in [2.75, 3.05) is 0 Å². The third-order valence-electron chi connectivity index (χ3n) is 3.38. The maximum atomic E-state index is 11.3. The Balaban J connectivity index is 1.96. The Hall–Kier alpha value is -2.81. The highest BCUT2D eigenvalue weighted by atomic mass is 16.5. The van der Waals surface area contributed by atoms with E-state index in [0.29, 0.717) is 12.2 Å². The number of fused-ring (bicyclic) bond motifs is 1. The average Bonchev–Trinajstić information content (AvgIpc) is 2.53. The lowest BCUT2D eigenvalue weighted by molar-refractivity contribution is 0.0699. The summed E-state index contributed by atoms with van der Waals surface area (Å²) in [6, 6.07) is 20.5. The molecule has 0 heterocycles. The fraction of sp³-hybridized carbons (Fsp3) is 0.0556. The van der Waals surface area contributed by atoms with Gasteiger partial charge in [0.15, 0.2) is 0 Å². The molecule has 21 heavy (non-hydrogen) atoms. The van der Waals surface area contributed by atoms with Gasteiger partial charge in [-0.3, -0.25) is 0 Å². The van der Waals surface area contributed by atoms with Gasteiger partial charge in [-0.05, 0) is 34.5 Å². The van der Waals surface area contributed by atoms with Gasteiger partial charge < -0.3 is 9.84 Å². The molecule has 0 saturated heterocycles. The quantitative estimate of drug-likeness (QED) is 0.781. The lowest BCUT2D eigenvalue weighted by atomic mass is 10.00. The van der Waals surface area contributed by atoms with Crippen molar-refractivity contribution in [3.63, 3.8) is 0 Å². The molecule has 0 amide bonds. The van der Waals surface area contributed by atoms with E-state index in [1.807, 2.05) is 60.7 Å². The molecule has 0 aliphatic heterocycles. The predicted octanol–water partition coefficient (Wildman–Crippen LogP) is 4.12. The van der Waals surface area contributed by atoms with Crippen LogP contribution in [0, 0.1) is 0 Å². The molecule has 0 fully saturated rings. The molecule has 0 saturated carbocycles. The van der Waals surface area contributed by atoms with Crippen molar-refractivity contribution in [2.45, 2.75) is 6.61 Å². The maximum absolute atomic E-state index is 11.3. The molecule has 3 rings (SSSR count). The van der Waals surface area contributed by atoms with Crippen molar-refractivity contribution in [1.82, 2.24) is 0 Å². The number of para-hydroxylation sites is 1. The molecule has 3 aromatic rings. The van der Waals surface area contributed by atoms with E-state index in [1.54, 1.807) is 6.07 Å². The summed E-state index contributed by atoms with van der Waals surface area (Å²) in [5, 5.41) is 10.9. The number of aromatic carboxylic acids is 1. The van der Waals surface area contributed by atoms with Gasteiger partial charge in [-0.1, -0.05) is 48.5 Å². The van der Waals surface area contributed by atoms with Crippen LogP contribution in [-0.2, 0) is 6.61 Å². The molecule has 0 spiro atoms. The highest BCUT2D eigenvalue weighted by Crippen LogP contribution is 2.24. The fourth-order valence-corrected chi connectivity index (χ4v) is 2.35. The van der Waals surface area contributed by atoms with Gasteiger partial charge in [0.05, 0.1) is 5.56 Å². The second-order valence-electron chi connectivity index (χ2n) is 4.72. The van der Waals surface area contributed by atoms with E-state index in [0.717, 1.165) is 22.1 Å². The first-order chi connectivity index (χ1) is 10.3. The number of carbonyl (C=O) groups is 1. The Labute approximate surface area is 122 Å².